The van der Waals surface area contributed by atoms with Crippen LogP contribution in [0, 0.1) is 0 Å². The van der Waals surface area contributed by atoms with Crippen molar-refractivity contribution in [2.45, 2.75) is 26.1 Å². The van der Waals surface area contributed by atoms with E-state index in [-0.39, 0.29) is 0 Å². The first-order valence-electron chi connectivity index (χ1n) is 3.05. The maximum atomic E-state index is 10.3. The largest absolute Gasteiger partial charge is 0.460 e. The highest BCUT2D eigenvalue weighted by Gasteiger charge is 2.12. The molecule has 0 spiro atoms. The lowest BCUT2D eigenvalue weighted by Gasteiger charge is -2.14. The number of aliphatic hydroxyl groups is 1. The van der Waals surface area contributed by atoms with Crippen molar-refractivity contribution in [3.05, 3.63) is 12.7 Å². The SMILES string of the molecule is C=C[C@@H](O)[C@@H](C)OC(C)=O. The summed E-state index contributed by atoms with van der Waals surface area (Å²) in [5.41, 5.74) is 0. The van der Waals surface area contributed by atoms with Crippen LogP contribution in [0.3, 0.4) is 0 Å². The molecule has 3 heteroatoms. The zero-order valence-corrected chi connectivity index (χ0v) is 6.20. The second-order valence-electron chi connectivity index (χ2n) is 2.04. The van der Waals surface area contributed by atoms with Crippen LogP contribution in [-0.2, 0) is 9.53 Å². The van der Waals surface area contributed by atoms with Crippen molar-refractivity contribution >= 4 is 5.97 Å². The quantitative estimate of drug-likeness (QED) is 0.463. The molecular weight excluding hydrogens is 132 g/mol. The number of carbonyl (C=O) groups is 1. The average Bonchev–Trinajstić information content (AvgIpc) is 1.85. The first kappa shape index (κ1) is 9.17. The fraction of sp³-hybridized carbons (Fsp3) is 0.571. The van der Waals surface area contributed by atoms with Gasteiger partial charge < -0.3 is 9.84 Å². The van der Waals surface area contributed by atoms with E-state index in [1.54, 1.807) is 6.92 Å². The molecule has 0 bridgehead atoms. The third-order valence-corrected chi connectivity index (χ3v) is 1.07. The van der Waals surface area contributed by atoms with Gasteiger partial charge in [-0.05, 0) is 6.92 Å². The van der Waals surface area contributed by atoms with E-state index in [0.29, 0.717) is 0 Å². The van der Waals surface area contributed by atoms with E-state index in [2.05, 4.69) is 11.3 Å². The molecule has 0 aliphatic heterocycles. The molecule has 0 aliphatic rings. The summed E-state index contributed by atoms with van der Waals surface area (Å²) < 4.78 is 4.64. The molecule has 0 heterocycles. The summed E-state index contributed by atoms with van der Waals surface area (Å²) >= 11 is 0. The van der Waals surface area contributed by atoms with Crippen molar-refractivity contribution in [2.75, 3.05) is 0 Å². The second kappa shape index (κ2) is 4.06. The van der Waals surface area contributed by atoms with Gasteiger partial charge in [0.25, 0.3) is 0 Å². The number of carbonyl (C=O) groups excluding carboxylic acids is 1. The average molecular weight is 144 g/mol. The normalized spacial score (nSPS) is 15.5. The zero-order chi connectivity index (χ0) is 8.15. The van der Waals surface area contributed by atoms with Gasteiger partial charge in [-0.25, -0.2) is 0 Å². The summed E-state index contributed by atoms with van der Waals surface area (Å²) in [6, 6.07) is 0. The van der Waals surface area contributed by atoms with Gasteiger partial charge in [-0.2, -0.15) is 0 Å². The number of esters is 1. The molecule has 0 fully saturated rings. The van der Waals surface area contributed by atoms with Crippen molar-refractivity contribution in [2.24, 2.45) is 0 Å². The number of rotatable bonds is 3. The molecule has 0 aromatic rings. The Morgan fingerprint density at radius 1 is 1.80 bits per heavy atom. The Hall–Kier alpha value is -0.830. The van der Waals surface area contributed by atoms with E-state index in [1.807, 2.05) is 0 Å². The van der Waals surface area contributed by atoms with Crippen molar-refractivity contribution in [1.29, 1.82) is 0 Å². The highest BCUT2D eigenvalue weighted by molar-refractivity contribution is 5.66. The van der Waals surface area contributed by atoms with Gasteiger partial charge in [-0.15, -0.1) is 6.58 Å². The minimum Gasteiger partial charge on any atom is -0.460 e. The molecule has 0 rings (SSSR count). The summed E-state index contributed by atoms with van der Waals surface area (Å²) in [5.74, 6) is -0.395. The molecule has 0 saturated carbocycles. The molecule has 2 atom stereocenters. The van der Waals surface area contributed by atoms with Gasteiger partial charge >= 0.3 is 5.97 Å². The maximum Gasteiger partial charge on any atom is 0.302 e. The second-order valence-corrected chi connectivity index (χ2v) is 2.04. The van der Waals surface area contributed by atoms with Crippen molar-refractivity contribution in [1.82, 2.24) is 0 Å². The summed E-state index contributed by atoms with van der Waals surface area (Å²) in [7, 11) is 0. The highest BCUT2D eigenvalue weighted by atomic mass is 16.6. The van der Waals surface area contributed by atoms with E-state index < -0.39 is 18.2 Å². The molecular formula is C7H12O3. The third-order valence-electron chi connectivity index (χ3n) is 1.07. The minimum absolute atomic E-state index is 0.395. The minimum atomic E-state index is -0.774. The van der Waals surface area contributed by atoms with Crippen LogP contribution in [-0.4, -0.2) is 23.3 Å². The van der Waals surface area contributed by atoms with E-state index >= 15 is 0 Å². The van der Waals surface area contributed by atoms with Gasteiger partial charge in [0.1, 0.15) is 12.2 Å². The van der Waals surface area contributed by atoms with Crippen LogP contribution in [0.1, 0.15) is 13.8 Å². The summed E-state index contributed by atoms with van der Waals surface area (Å²) in [4.78, 5) is 10.3. The Labute approximate surface area is 60.3 Å². The smallest absolute Gasteiger partial charge is 0.302 e. The summed E-state index contributed by atoms with van der Waals surface area (Å²) in [5, 5.41) is 8.98. The van der Waals surface area contributed by atoms with Crippen molar-refractivity contribution in [3.63, 3.8) is 0 Å². The molecule has 3 nitrogen and oxygen atoms in total. The Kier molecular flexibility index (Phi) is 3.72. The van der Waals surface area contributed by atoms with Crippen molar-refractivity contribution in [3.8, 4) is 0 Å². The van der Waals surface area contributed by atoms with Gasteiger partial charge in [-0.1, -0.05) is 6.08 Å². The van der Waals surface area contributed by atoms with Crippen LogP contribution in [0.2, 0.25) is 0 Å². The van der Waals surface area contributed by atoms with Crippen LogP contribution in [0.4, 0.5) is 0 Å². The summed E-state index contributed by atoms with van der Waals surface area (Å²) in [6.07, 6.45) is 0.0482. The number of hydrogen-bond donors (Lipinski definition) is 1. The lowest BCUT2D eigenvalue weighted by atomic mass is 10.2. The Balaban J connectivity index is 3.71. The maximum absolute atomic E-state index is 10.3. The van der Waals surface area contributed by atoms with Crippen LogP contribution in [0.15, 0.2) is 12.7 Å². The van der Waals surface area contributed by atoms with Gasteiger partial charge in [0.15, 0.2) is 0 Å². The highest BCUT2D eigenvalue weighted by Crippen LogP contribution is 1.98. The fourth-order valence-corrected chi connectivity index (χ4v) is 0.523. The zero-order valence-electron chi connectivity index (χ0n) is 6.20. The first-order valence-corrected chi connectivity index (χ1v) is 3.05. The van der Waals surface area contributed by atoms with E-state index in [1.165, 1.54) is 13.0 Å². The first-order chi connectivity index (χ1) is 4.57. The molecule has 0 saturated heterocycles. The van der Waals surface area contributed by atoms with Crippen LogP contribution in [0.5, 0.6) is 0 Å². The predicted octanol–water partition coefficient (Wildman–Crippen LogP) is 0.485. The number of ether oxygens (including phenoxy) is 1. The topological polar surface area (TPSA) is 46.5 Å². The standard InChI is InChI=1S/C7H12O3/c1-4-7(9)5(2)10-6(3)8/h4-5,7,9H,1H2,2-3H3/t5-,7-/m1/s1. The molecule has 0 aromatic heterocycles. The molecule has 0 aromatic carbocycles. The fourth-order valence-electron chi connectivity index (χ4n) is 0.523. The number of hydrogen-bond acceptors (Lipinski definition) is 3. The Morgan fingerprint density at radius 2 is 2.30 bits per heavy atom. The lowest BCUT2D eigenvalue weighted by molar-refractivity contribution is -0.149. The molecule has 0 amide bonds. The third kappa shape index (κ3) is 3.25. The van der Waals surface area contributed by atoms with Gasteiger partial charge in [0.05, 0.1) is 0 Å². The molecule has 0 unspecified atom stereocenters. The van der Waals surface area contributed by atoms with E-state index in [4.69, 9.17) is 5.11 Å². The van der Waals surface area contributed by atoms with Gasteiger partial charge in [0.2, 0.25) is 0 Å². The Morgan fingerprint density at radius 3 is 2.60 bits per heavy atom. The van der Waals surface area contributed by atoms with E-state index in [0.717, 1.165) is 0 Å². The van der Waals surface area contributed by atoms with Crippen molar-refractivity contribution < 1.29 is 14.6 Å². The molecule has 0 radical (unpaired) electrons. The summed E-state index contributed by atoms with van der Waals surface area (Å²) in [6.45, 7) is 6.25. The monoisotopic (exact) mass is 144 g/mol. The Bertz CT molecular complexity index is 131. The van der Waals surface area contributed by atoms with E-state index in [9.17, 15) is 4.79 Å². The molecule has 0 aliphatic carbocycles. The number of aliphatic hydroxyl groups excluding tert-OH is 1. The van der Waals surface area contributed by atoms with Crippen LogP contribution in [0.25, 0.3) is 0 Å². The predicted molar refractivity (Wildman–Crippen MR) is 37.4 cm³/mol. The van der Waals surface area contributed by atoms with Crippen LogP contribution >= 0.6 is 0 Å². The van der Waals surface area contributed by atoms with Crippen LogP contribution < -0.4 is 0 Å². The van der Waals surface area contributed by atoms with Gasteiger partial charge in [-0.3, -0.25) is 4.79 Å². The molecule has 1 N–H and O–H groups in total. The molecule has 10 heavy (non-hydrogen) atoms. The van der Waals surface area contributed by atoms with Gasteiger partial charge in [0, 0.05) is 6.92 Å². The lowest BCUT2D eigenvalue weighted by Crippen LogP contribution is -2.25. The molecule has 58 valence electrons.